The van der Waals surface area contributed by atoms with Crippen LogP contribution in [0.15, 0.2) is 82.8 Å². The molecule has 0 spiro atoms. The third-order valence-corrected chi connectivity index (χ3v) is 7.50. The van der Waals surface area contributed by atoms with Crippen molar-refractivity contribution in [3.05, 3.63) is 101 Å². The van der Waals surface area contributed by atoms with Gasteiger partial charge in [0.25, 0.3) is 5.91 Å². The summed E-state index contributed by atoms with van der Waals surface area (Å²) in [6, 6.07) is 19.9. The van der Waals surface area contributed by atoms with Crippen LogP contribution in [0.5, 0.6) is 11.5 Å². The lowest BCUT2D eigenvalue weighted by molar-refractivity contribution is -0.112. The molecule has 1 amide bonds. The van der Waals surface area contributed by atoms with Gasteiger partial charge in [0.15, 0.2) is 17.3 Å². The molecular weight excluding hydrogens is 514 g/mol. The molecule has 2 aliphatic rings. The van der Waals surface area contributed by atoms with Crippen LogP contribution >= 0.6 is 0 Å². The van der Waals surface area contributed by atoms with Gasteiger partial charge in [-0.15, -0.1) is 0 Å². The first kappa shape index (κ1) is 28.0. The Morgan fingerprint density at radius 3 is 2.41 bits per heavy atom. The summed E-state index contributed by atoms with van der Waals surface area (Å²) >= 11 is 0. The number of aliphatic imine (C=N–C) groups is 2. The van der Waals surface area contributed by atoms with E-state index in [0.29, 0.717) is 35.9 Å². The molecule has 210 valence electrons. The van der Waals surface area contributed by atoms with Gasteiger partial charge in [0.05, 0.1) is 25.6 Å². The highest BCUT2D eigenvalue weighted by Crippen LogP contribution is 2.39. The smallest absolute Gasteiger partial charge is 0.256 e. The lowest BCUT2D eigenvalue weighted by Crippen LogP contribution is -2.38. The number of amidine groups is 1. The molecule has 2 heterocycles. The predicted octanol–water partition coefficient (Wildman–Crippen LogP) is 5.85. The number of ketones is 1. The van der Waals surface area contributed by atoms with Crippen LogP contribution in [0.1, 0.15) is 52.4 Å². The maximum atomic E-state index is 13.4. The number of fused-ring (bicyclic) bond motifs is 6. The number of nitrogens with zero attached hydrogens (tertiary/aromatic N) is 2. The van der Waals surface area contributed by atoms with Crippen LogP contribution in [-0.4, -0.2) is 44.0 Å². The Hall–Kier alpha value is -4.52. The number of hydrogen-bond acceptors (Lipinski definition) is 6. The van der Waals surface area contributed by atoms with Gasteiger partial charge in [0, 0.05) is 24.1 Å². The van der Waals surface area contributed by atoms with Gasteiger partial charge in [-0.25, -0.2) is 4.99 Å². The number of ether oxygens (including phenoxy) is 2. The average Bonchev–Trinajstić information content (AvgIpc) is 2.98. The van der Waals surface area contributed by atoms with E-state index in [1.807, 2.05) is 54.6 Å². The van der Waals surface area contributed by atoms with Gasteiger partial charge in [0.2, 0.25) is 0 Å². The lowest BCUT2D eigenvalue weighted by Gasteiger charge is -2.26. The third kappa shape index (κ3) is 6.80. The van der Waals surface area contributed by atoms with E-state index in [9.17, 15) is 9.59 Å². The molecule has 0 saturated heterocycles. The van der Waals surface area contributed by atoms with Gasteiger partial charge in [-0.05, 0) is 97.7 Å². The highest BCUT2D eigenvalue weighted by atomic mass is 16.5. The summed E-state index contributed by atoms with van der Waals surface area (Å²) < 4.78 is 11.1. The second-order valence-corrected chi connectivity index (χ2v) is 10.4. The predicted molar refractivity (Wildman–Crippen MR) is 162 cm³/mol. The zero-order valence-electron chi connectivity index (χ0n) is 23.8. The fourth-order valence-corrected chi connectivity index (χ4v) is 5.33. The SMILES string of the molecule is COc1cc2c(cc1OC)N=C1NC(=O)c3cccc(c3)CCC/N=C(\C=C/C(C)=O)c3cccc(c3)CCC1C2. The molecule has 3 aromatic carbocycles. The summed E-state index contributed by atoms with van der Waals surface area (Å²) in [4.78, 5) is 34.9. The van der Waals surface area contributed by atoms with Crippen molar-refractivity contribution in [1.29, 1.82) is 0 Å². The molecule has 7 nitrogen and oxygen atoms in total. The molecule has 0 saturated carbocycles. The molecule has 0 aromatic heterocycles. The number of benzene rings is 3. The summed E-state index contributed by atoms with van der Waals surface area (Å²) in [5.41, 5.74) is 6.44. The largest absolute Gasteiger partial charge is 0.493 e. The molecule has 0 radical (unpaired) electrons. The van der Waals surface area contributed by atoms with Crippen LogP contribution in [0, 0.1) is 5.92 Å². The van der Waals surface area contributed by atoms with E-state index in [1.165, 1.54) is 0 Å². The van der Waals surface area contributed by atoms with Crippen LogP contribution in [0.25, 0.3) is 0 Å². The van der Waals surface area contributed by atoms with Crippen LogP contribution in [0.2, 0.25) is 0 Å². The first-order valence-corrected chi connectivity index (χ1v) is 14.0. The summed E-state index contributed by atoms with van der Waals surface area (Å²) in [6.45, 7) is 2.16. The highest BCUT2D eigenvalue weighted by molar-refractivity contribution is 6.11. The second-order valence-electron chi connectivity index (χ2n) is 10.4. The van der Waals surface area contributed by atoms with Crippen molar-refractivity contribution in [2.45, 2.75) is 39.0 Å². The maximum Gasteiger partial charge on any atom is 0.256 e. The van der Waals surface area contributed by atoms with Gasteiger partial charge >= 0.3 is 0 Å². The quantitative estimate of drug-likeness (QED) is 0.414. The minimum absolute atomic E-state index is 0.00202. The maximum absolute atomic E-state index is 13.4. The van der Waals surface area contributed by atoms with Gasteiger partial charge in [0.1, 0.15) is 5.84 Å². The zero-order chi connectivity index (χ0) is 28.8. The van der Waals surface area contributed by atoms with Gasteiger partial charge in [-0.2, -0.15) is 0 Å². The van der Waals surface area contributed by atoms with Crippen molar-refractivity contribution >= 4 is 28.9 Å². The second kappa shape index (κ2) is 12.8. The van der Waals surface area contributed by atoms with Gasteiger partial charge in [-0.3, -0.25) is 14.6 Å². The van der Waals surface area contributed by atoms with Crippen molar-refractivity contribution < 1.29 is 19.1 Å². The Bertz CT molecular complexity index is 1550. The van der Waals surface area contributed by atoms with Gasteiger partial charge < -0.3 is 14.8 Å². The number of rotatable bonds is 4. The van der Waals surface area contributed by atoms with Crippen molar-refractivity contribution in [2.75, 3.05) is 20.8 Å². The van der Waals surface area contributed by atoms with E-state index in [2.05, 4.69) is 17.4 Å². The Morgan fingerprint density at radius 1 is 0.951 bits per heavy atom. The van der Waals surface area contributed by atoms with E-state index in [-0.39, 0.29) is 17.6 Å². The minimum atomic E-state index is -0.166. The number of aryl methyl sites for hydroxylation is 2. The average molecular weight is 550 g/mol. The number of nitrogens with one attached hydrogen (secondary N) is 1. The molecule has 5 rings (SSSR count). The van der Waals surface area contributed by atoms with Crippen molar-refractivity contribution in [3.8, 4) is 11.5 Å². The van der Waals surface area contributed by atoms with Crippen molar-refractivity contribution in [3.63, 3.8) is 0 Å². The molecule has 41 heavy (non-hydrogen) atoms. The summed E-state index contributed by atoms with van der Waals surface area (Å²) in [5.74, 6) is 1.74. The van der Waals surface area contributed by atoms with Crippen molar-refractivity contribution in [2.24, 2.45) is 15.9 Å². The van der Waals surface area contributed by atoms with Crippen LogP contribution < -0.4 is 14.8 Å². The molecular formula is C34H35N3O4. The standard InChI is InChI=1S/C34H35N3O4/c1-22(38)12-15-29-25-10-4-8-24(17-25)13-14-26-19-28-20-31(40-2)32(41-3)21-30(28)36-33(26)37-34(39)27-11-5-7-23(18-27)9-6-16-35-29/h4-5,7-8,10-12,15,17-18,20-21,26H,6,9,13-14,16,19H2,1-3H3,(H,36,37,39)/b15-12-,35-29+. The number of hydrogen-bond donors (Lipinski definition) is 1. The van der Waals surface area contributed by atoms with E-state index < -0.39 is 0 Å². The summed E-state index contributed by atoms with van der Waals surface area (Å²) in [6.07, 6.45) is 7.26. The zero-order valence-corrected chi connectivity index (χ0v) is 23.8. The summed E-state index contributed by atoms with van der Waals surface area (Å²) in [7, 11) is 3.23. The molecule has 7 heteroatoms. The molecule has 2 aliphatic heterocycles. The first-order valence-electron chi connectivity index (χ1n) is 14.0. The molecule has 4 bridgehead atoms. The minimum Gasteiger partial charge on any atom is -0.493 e. The Kier molecular flexibility index (Phi) is 8.73. The van der Waals surface area contributed by atoms with E-state index in [1.54, 1.807) is 27.2 Å². The third-order valence-electron chi connectivity index (χ3n) is 7.50. The first-order chi connectivity index (χ1) is 19.9. The number of methoxy groups -OCH3 is 2. The van der Waals surface area contributed by atoms with E-state index >= 15 is 0 Å². The molecule has 3 aromatic rings. The number of amides is 1. The molecule has 1 N–H and O–H groups in total. The molecule has 1 atom stereocenters. The van der Waals surface area contributed by atoms with E-state index in [4.69, 9.17) is 19.5 Å². The lowest BCUT2D eigenvalue weighted by atomic mass is 9.88. The van der Waals surface area contributed by atoms with Crippen LogP contribution in [0.4, 0.5) is 5.69 Å². The van der Waals surface area contributed by atoms with E-state index in [0.717, 1.165) is 59.3 Å². The molecule has 0 aliphatic carbocycles. The summed E-state index contributed by atoms with van der Waals surface area (Å²) in [5, 5.41) is 3.15. The Labute approximate surface area is 241 Å². The fourth-order valence-electron chi connectivity index (χ4n) is 5.33. The van der Waals surface area contributed by atoms with Crippen LogP contribution in [0.3, 0.4) is 0 Å². The number of carbonyl (C=O) groups excluding carboxylic acids is 2. The monoisotopic (exact) mass is 549 g/mol. The number of carbonyl (C=O) groups is 2. The van der Waals surface area contributed by atoms with Gasteiger partial charge in [-0.1, -0.05) is 30.3 Å². The molecule has 1 unspecified atom stereocenters. The van der Waals surface area contributed by atoms with Crippen LogP contribution in [-0.2, 0) is 24.1 Å². The van der Waals surface area contributed by atoms with Crippen molar-refractivity contribution in [1.82, 2.24) is 5.32 Å². The normalized spacial score (nSPS) is 18.6. The number of allylic oxidation sites excluding steroid dienone is 2. The topological polar surface area (TPSA) is 89.3 Å². The highest BCUT2D eigenvalue weighted by Gasteiger charge is 2.27. The molecule has 0 fully saturated rings. The fraction of sp³-hybridized carbons (Fsp3) is 0.294. The Balaban J connectivity index is 1.54. The Morgan fingerprint density at radius 2 is 1.66 bits per heavy atom.